The van der Waals surface area contributed by atoms with Crippen molar-refractivity contribution in [2.45, 2.75) is 18.9 Å². The molecule has 2 aliphatic rings. The van der Waals surface area contributed by atoms with E-state index < -0.39 is 0 Å². The Morgan fingerprint density at radius 2 is 2.13 bits per heavy atom. The van der Waals surface area contributed by atoms with Gasteiger partial charge in [-0.25, -0.2) is 0 Å². The monoisotopic (exact) mass is 418 g/mol. The van der Waals surface area contributed by atoms with Crippen LogP contribution in [0.5, 0.6) is 5.75 Å². The maximum Gasteiger partial charge on any atom is 0.292 e. The molecule has 0 unspecified atom stereocenters. The van der Waals surface area contributed by atoms with Crippen molar-refractivity contribution in [3.63, 3.8) is 0 Å². The van der Waals surface area contributed by atoms with Crippen LogP contribution in [0.4, 0.5) is 17.4 Å². The molecule has 3 heterocycles. The van der Waals surface area contributed by atoms with Crippen LogP contribution in [0, 0.1) is 5.92 Å². The van der Waals surface area contributed by atoms with Gasteiger partial charge in [0.05, 0.1) is 22.3 Å². The fourth-order valence-electron chi connectivity index (χ4n) is 4.35. The molecule has 1 aliphatic heterocycles. The molecule has 7 N–H and O–H groups in total. The topological polar surface area (TPSA) is 144 Å². The Balaban J connectivity index is 1.48. The molecule has 2 aromatic heterocycles. The van der Waals surface area contributed by atoms with Gasteiger partial charge in [0.1, 0.15) is 23.9 Å². The van der Waals surface area contributed by atoms with Gasteiger partial charge in [0, 0.05) is 23.9 Å². The van der Waals surface area contributed by atoms with E-state index in [-0.39, 0.29) is 18.0 Å². The molecule has 1 atom stereocenters. The number of hydrogen-bond donors (Lipinski definition) is 5. The number of primary amides is 1. The third kappa shape index (κ3) is 3.00. The number of nitrogens with zero attached hydrogens (tertiary/aromatic N) is 1. The van der Waals surface area contributed by atoms with E-state index in [9.17, 15) is 4.79 Å². The molecule has 1 fully saturated rings. The second kappa shape index (κ2) is 6.56. The number of nitrogens with two attached hydrogens (primary N) is 2. The average Bonchev–Trinajstić information content (AvgIpc) is 3.45. The molecule has 0 bridgehead atoms. The number of H-pyrrole nitrogens is 1. The number of aromatic amines is 1. The van der Waals surface area contributed by atoms with Crippen molar-refractivity contribution in [2.75, 3.05) is 29.5 Å². The number of carbonyl (C=O) groups excluding carboxylic acids is 1. The van der Waals surface area contributed by atoms with E-state index in [1.54, 1.807) is 0 Å². The molecule has 1 saturated carbocycles. The molecule has 0 radical (unpaired) electrons. The highest BCUT2D eigenvalue weighted by Gasteiger charge is 2.35. The van der Waals surface area contributed by atoms with Crippen molar-refractivity contribution < 1.29 is 13.9 Å². The SMILES string of the molecule is NC(=O)[C@@H](Nc1cc2c3c(c(-c4ccc5oc(N)nc5c4)[nH]c3c1)NCCO2)C1CC1. The average molecular weight is 418 g/mol. The Hall–Kier alpha value is -3.88. The predicted molar refractivity (Wildman–Crippen MR) is 119 cm³/mol. The molecule has 0 spiro atoms. The lowest BCUT2D eigenvalue weighted by Gasteiger charge is -2.17. The van der Waals surface area contributed by atoms with Crippen molar-refractivity contribution in [1.29, 1.82) is 0 Å². The molecule has 0 saturated heterocycles. The van der Waals surface area contributed by atoms with Gasteiger partial charge in [-0.2, -0.15) is 4.98 Å². The predicted octanol–water partition coefficient (Wildman–Crippen LogP) is 3.04. The second-order valence-electron chi connectivity index (χ2n) is 8.14. The van der Waals surface area contributed by atoms with Crippen LogP contribution in [0.2, 0.25) is 0 Å². The Morgan fingerprint density at radius 1 is 1.26 bits per heavy atom. The van der Waals surface area contributed by atoms with E-state index in [1.807, 2.05) is 30.3 Å². The summed E-state index contributed by atoms with van der Waals surface area (Å²) in [5.41, 5.74) is 17.2. The van der Waals surface area contributed by atoms with Crippen molar-refractivity contribution in [2.24, 2.45) is 11.7 Å². The van der Waals surface area contributed by atoms with E-state index >= 15 is 0 Å². The van der Waals surface area contributed by atoms with Gasteiger partial charge in [0.25, 0.3) is 6.01 Å². The van der Waals surface area contributed by atoms with Crippen LogP contribution in [0.3, 0.4) is 0 Å². The number of fused-ring (bicyclic) bond motifs is 1. The first kappa shape index (κ1) is 17.9. The third-order valence-electron chi connectivity index (χ3n) is 5.94. The molecule has 2 aromatic carbocycles. The number of aromatic nitrogens is 2. The summed E-state index contributed by atoms with van der Waals surface area (Å²) < 4.78 is 11.4. The summed E-state index contributed by atoms with van der Waals surface area (Å²) in [5, 5.41) is 7.77. The third-order valence-corrected chi connectivity index (χ3v) is 5.94. The number of anilines is 3. The normalized spacial score (nSPS) is 16.5. The first-order valence-electron chi connectivity index (χ1n) is 10.4. The summed E-state index contributed by atoms with van der Waals surface area (Å²) in [6, 6.07) is 9.48. The van der Waals surface area contributed by atoms with Crippen LogP contribution in [0.25, 0.3) is 33.3 Å². The fraction of sp³-hybridized carbons (Fsp3) is 0.273. The highest BCUT2D eigenvalue weighted by Crippen LogP contribution is 2.44. The number of benzene rings is 2. The van der Waals surface area contributed by atoms with Gasteiger partial charge < -0.3 is 36.2 Å². The van der Waals surface area contributed by atoms with Gasteiger partial charge in [-0.1, -0.05) is 0 Å². The number of hydrogen-bond acceptors (Lipinski definition) is 7. The van der Waals surface area contributed by atoms with Gasteiger partial charge in [-0.15, -0.1) is 0 Å². The van der Waals surface area contributed by atoms with Crippen LogP contribution >= 0.6 is 0 Å². The summed E-state index contributed by atoms with van der Waals surface area (Å²) >= 11 is 0. The molecule has 6 rings (SSSR count). The molecule has 1 amide bonds. The number of rotatable bonds is 5. The minimum Gasteiger partial charge on any atom is -0.491 e. The van der Waals surface area contributed by atoms with Gasteiger partial charge in [-0.3, -0.25) is 4.79 Å². The number of ether oxygens (including phenoxy) is 1. The Kier molecular flexibility index (Phi) is 3.80. The Labute approximate surface area is 177 Å². The van der Waals surface area contributed by atoms with Crippen LogP contribution in [0.15, 0.2) is 34.7 Å². The highest BCUT2D eigenvalue weighted by atomic mass is 16.5. The molecule has 1 aliphatic carbocycles. The van der Waals surface area contributed by atoms with Crippen LogP contribution in [0.1, 0.15) is 12.8 Å². The maximum absolute atomic E-state index is 11.9. The first-order valence-corrected chi connectivity index (χ1v) is 10.4. The maximum atomic E-state index is 11.9. The quantitative estimate of drug-likeness (QED) is 0.335. The van der Waals surface area contributed by atoms with Crippen molar-refractivity contribution in [3.05, 3.63) is 30.3 Å². The van der Waals surface area contributed by atoms with Crippen LogP contribution < -0.4 is 26.8 Å². The zero-order valence-corrected chi connectivity index (χ0v) is 16.7. The van der Waals surface area contributed by atoms with E-state index in [1.165, 1.54) is 0 Å². The molecular weight excluding hydrogens is 396 g/mol. The fourth-order valence-corrected chi connectivity index (χ4v) is 4.35. The molecule has 31 heavy (non-hydrogen) atoms. The van der Waals surface area contributed by atoms with E-state index in [4.69, 9.17) is 20.6 Å². The number of carbonyl (C=O) groups is 1. The van der Waals surface area contributed by atoms with Crippen molar-refractivity contribution in [1.82, 2.24) is 9.97 Å². The van der Waals surface area contributed by atoms with Crippen LogP contribution in [-0.2, 0) is 4.79 Å². The first-order chi connectivity index (χ1) is 15.1. The largest absolute Gasteiger partial charge is 0.491 e. The smallest absolute Gasteiger partial charge is 0.292 e. The van der Waals surface area contributed by atoms with Crippen molar-refractivity contribution >= 4 is 45.3 Å². The zero-order valence-electron chi connectivity index (χ0n) is 16.7. The molecule has 158 valence electrons. The number of nitrogen functional groups attached to an aromatic ring is 1. The minimum atomic E-state index is -0.373. The highest BCUT2D eigenvalue weighted by molar-refractivity contribution is 6.07. The summed E-state index contributed by atoms with van der Waals surface area (Å²) in [4.78, 5) is 19.7. The number of oxazole rings is 1. The Morgan fingerprint density at radius 3 is 2.94 bits per heavy atom. The zero-order chi connectivity index (χ0) is 21.1. The van der Waals surface area contributed by atoms with Crippen molar-refractivity contribution in [3.8, 4) is 17.0 Å². The van der Waals surface area contributed by atoms with Gasteiger partial charge >= 0.3 is 0 Å². The standard InChI is InChI=1S/C22H22N6O3/c23-21(29)19(10-1-2-10)26-12-8-14-17-16(9-12)30-6-5-25-20(17)18(27-14)11-3-4-15-13(7-11)28-22(24)31-15/h3-4,7-10,19,25-27H,1-2,5-6H2,(H2,23,29)(H2,24,28)/t19-/m0/s1. The molecule has 9 nitrogen and oxygen atoms in total. The van der Waals surface area contributed by atoms with Gasteiger partial charge in [0.2, 0.25) is 5.91 Å². The van der Waals surface area contributed by atoms with Crippen LogP contribution in [-0.4, -0.2) is 35.1 Å². The van der Waals surface area contributed by atoms with E-state index in [2.05, 4.69) is 20.6 Å². The summed E-state index contributed by atoms with van der Waals surface area (Å²) in [5.74, 6) is 0.726. The minimum absolute atomic E-state index is 0.145. The van der Waals surface area contributed by atoms with E-state index in [0.29, 0.717) is 30.2 Å². The molecular formula is C22H22N6O3. The lowest BCUT2D eigenvalue weighted by Crippen LogP contribution is -2.37. The summed E-state index contributed by atoms with van der Waals surface area (Å²) in [6.45, 7) is 1.20. The second-order valence-corrected chi connectivity index (χ2v) is 8.14. The lowest BCUT2D eigenvalue weighted by molar-refractivity contribution is -0.119. The summed E-state index contributed by atoms with van der Waals surface area (Å²) in [7, 11) is 0. The lowest BCUT2D eigenvalue weighted by atomic mass is 10.1. The molecule has 4 aromatic rings. The summed E-state index contributed by atoms with van der Waals surface area (Å²) in [6.07, 6.45) is 2.03. The van der Waals surface area contributed by atoms with Gasteiger partial charge in [-0.05, 0) is 43.0 Å². The Bertz CT molecular complexity index is 1340. The van der Waals surface area contributed by atoms with Gasteiger partial charge in [0.15, 0.2) is 5.58 Å². The number of amides is 1. The molecule has 9 heteroatoms. The van der Waals surface area contributed by atoms with E-state index in [0.717, 1.165) is 52.1 Å². The number of nitrogens with one attached hydrogen (secondary N) is 3.